The minimum absolute atomic E-state index is 0.00699. The van der Waals surface area contributed by atoms with Crippen LogP contribution in [0.5, 0.6) is 5.75 Å². The first-order valence-corrected chi connectivity index (χ1v) is 13.7. The van der Waals surface area contributed by atoms with Gasteiger partial charge in [0, 0.05) is 18.4 Å². The summed E-state index contributed by atoms with van der Waals surface area (Å²) in [5, 5.41) is 3.13. The van der Waals surface area contributed by atoms with E-state index < -0.39 is 5.82 Å². The maximum atomic E-state index is 13.7. The lowest BCUT2D eigenvalue weighted by molar-refractivity contribution is -0.113. The zero-order chi connectivity index (χ0) is 25.9. The average Bonchev–Trinajstić information content (AvgIpc) is 3.52. The molecule has 4 aromatic rings. The maximum Gasteiger partial charge on any atom is 0.278 e. The third-order valence-electron chi connectivity index (χ3n) is 5.84. The molecule has 0 saturated carbocycles. The van der Waals surface area contributed by atoms with Crippen molar-refractivity contribution in [1.82, 2.24) is 14.1 Å². The summed E-state index contributed by atoms with van der Waals surface area (Å²) in [6.07, 6.45) is 1.90. The highest BCUT2D eigenvalue weighted by atomic mass is 32.2. The van der Waals surface area contributed by atoms with Crippen molar-refractivity contribution < 1.29 is 18.7 Å². The number of methoxy groups -OCH3 is 1. The smallest absolute Gasteiger partial charge is 0.278 e. The minimum Gasteiger partial charge on any atom is -0.497 e. The monoisotopic (exact) mass is 558 g/mol. The summed E-state index contributed by atoms with van der Waals surface area (Å²) in [5.74, 6) is -0.0843. The number of amides is 1. The predicted octanol–water partition coefficient (Wildman–Crippen LogP) is 5.04. The fourth-order valence-electron chi connectivity index (χ4n) is 4.07. The molecule has 1 N–H and O–H groups in total. The molecule has 0 aliphatic carbocycles. The van der Waals surface area contributed by atoms with Gasteiger partial charge in [-0.3, -0.25) is 14.2 Å². The zero-order valence-corrected chi connectivity index (χ0v) is 22.3. The second kappa shape index (κ2) is 11.1. The molecule has 2 aromatic heterocycles. The number of fused-ring (bicyclic) bond motifs is 1. The van der Waals surface area contributed by atoms with Crippen LogP contribution in [0.4, 0.5) is 10.1 Å². The zero-order valence-electron chi connectivity index (χ0n) is 19.8. The molecule has 1 atom stereocenters. The Morgan fingerprint density at radius 1 is 1.32 bits per heavy atom. The standard InChI is InChI=1S/C25H23FN4O4S3/c1-33-18-5-2-4-16(12-18)27-20(31)14-36-24-28-22-21(23(32)30(24)17-9-7-15(26)8-10-17)37-25(35)29(22)13-19-6-3-11-34-19/h2,4-5,7-10,12,19H,3,6,11,13-14H2,1H3,(H,27,31). The number of rotatable bonds is 8. The number of nitrogens with zero attached hydrogens (tertiary/aromatic N) is 3. The second-order valence-corrected chi connectivity index (χ2v) is 10.9. The van der Waals surface area contributed by atoms with Gasteiger partial charge in [-0.2, -0.15) is 0 Å². The number of hydrogen-bond donors (Lipinski definition) is 1. The first kappa shape index (κ1) is 25.6. The number of thioether (sulfide) groups is 1. The molecule has 1 unspecified atom stereocenters. The molecule has 1 aliphatic heterocycles. The van der Waals surface area contributed by atoms with Crippen LogP contribution in [-0.4, -0.2) is 45.6 Å². The highest BCUT2D eigenvalue weighted by molar-refractivity contribution is 7.99. The van der Waals surface area contributed by atoms with Crippen molar-refractivity contribution in [1.29, 1.82) is 0 Å². The summed E-state index contributed by atoms with van der Waals surface area (Å²) in [6, 6.07) is 12.6. The summed E-state index contributed by atoms with van der Waals surface area (Å²) in [4.78, 5) is 31.2. The Balaban J connectivity index is 1.50. The van der Waals surface area contributed by atoms with Gasteiger partial charge < -0.3 is 19.4 Å². The average molecular weight is 559 g/mol. The number of ether oxygens (including phenoxy) is 2. The number of carbonyl (C=O) groups is 1. The van der Waals surface area contributed by atoms with Gasteiger partial charge in [0.05, 0.1) is 31.2 Å². The van der Waals surface area contributed by atoms with Crippen molar-refractivity contribution in [3.63, 3.8) is 0 Å². The number of hydrogen-bond acceptors (Lipinski definition) is 8. The lowest BCUT2D eigenvalue weighted by atomic mass is 10.2. The third kappa shape index (κ3) is 5.61. The fourth-order valence-corrected chi connectivity index (χ4v) is 6.16. The number of halogens is 1. The van der Waals surface area contributed by atoms with Crippen molar-refractivity contribution in [3.05, 3.63) is 68.7 Å². The summed E-state index contributed by atoms with van der Waals surface area (Å²) >= 11 is 7.88. The molecule has 12 heteroatoms. The number of anilines is 1. The number of thiazole rings is 1. The Bertz CT molecular complexity index is 1560. The van der Waals surface area contributed by atoms with Crippen molar-refractivity contribution in [2.45, 2.75) is 30.6 Å². The van der Waals surface area contributed by atoms with E-state index >= 15 is 0 Å². The van der Waals surface area contributed by atoms with E-state index in [1.807, 2.05) is 4.57 Å². The number of aromatic nitrogens is 3. The highest BCUT2D eigenvalue weighted by Crippen LogP contribution is 2.27. The lowest BCUT2D eigenvalue weighted by Crippen LogP contribution is -2.23. The number of benzene rings is 2. The van der Waals surface area contributed by atoms with Gasteiger partial charge in [0.1, 0.15) is 16.3 Å². The van der Waals surface area contributed by atoms with Crippen LogP contribution in [0.15, 0.2) is 58.5 Å². The maximum absolute atomic E-state index is 13.7. The molecule has 8 nitrogen and oxygen atoms in total. The van der Waals surface area contributed by atoms with Crippen molar-refractivity contribution in [3.8, 4) is 11.4 Å². The van der Waals surface area contributed by atoms with Gasteiger partial charge in [-0.15, -0.1) is 0 Å². The highest BCUT2D eigenvalue weighted by Gasteiger charge is 2.22. The molecule has 1 amide bonds. The Kier molecular flexibility index (Phi) is 7.70. The van der Waals surface area contributed by atoms with E-state index in [0.717, 1.165) is 24.6 Å². The number of nitrogens with one attached hydrogen (secondary N) is 1. The molecule has 0 spiro atoms. The third-order valence-corrected chi connectivity index (χ3v) is 8.20. The van der Waals surface area contributed by atoms with E-state index in [-0.39, 0.29) is 23.3 Å². The van der Waals surface area contributed by atoms with Gasteiger partial charge in [0.15, 0.2) is 14.8 Å². The van der Waals surface area contributed by atoms with Crippen LogP contribution < -0.4 is 15.6 Å². The van der Waals surface area contributed by atoms with Crippen LogP contribution in [0.1, 0.15) is 12.8 Å². The fraction of sp³-hybridized carbons (Fsp3) is 0.280. The van der Waals surface area contributed by atoms with E-state index in [9.17, 15) is 14.0 Å². The first-order valence-electron chi connectivity index (χ1n) is 11.5. The van der Waals surface area contributed by atoms with Gasteiger partial charge in [-0.05, 0) is 61.5 Å². The lowest BCUT2D eigenvalue weighted by Gasteiger charge is -2.14. The SMILES string of the molecule is COc1cccc(NC(=O)CSc2nc3c(sc(=S)n3CC3CCCO3)c(=O)n2-c2ccc(F)cc2)c1. The Morgan fingerprint density at radius 3 is 2.86 bits per heavy atom. The minimum atomic E-state index is -0.420. The van der Waals surface area contributed by atoms with Crippen molar-refractivity contribution in [2.75, 3.05) is 24.8 Å². The first-order chi connectivity index (χ1) is 17.9. The topological polar surface area (TPSA) is 87.4 Å². The van der Waals surface area contributed by atoms with Gasteiger partial charge in [0.25, 0.3) is 5.56 Å². The molecule has 192 valence electrons. The van der Waals surface area contributed by atoms with E-state index in [0.29, 0.717) is 49.7 Å². The van der Waals surface area contributed by atoms with Crippen LogP contribution in [0.3, 0.4) is 0 Å². The van der Waals surface area contributed by atoms with E-state index in [1.165, 1.54) is 40.2 Å². The summed E-state index contributed by atoms with van der Waals surface area (Å²) in [7, 11) is 1.55. The Hall–Kier alpha value is -3.06. The molecule has 2 aromatic carbocycles. The molecule has 5 rings (SSSR count). The Morgan fingerprint density at radius 2 is 2.14 bits per heavy atom. The van der Waals surface area contributed by atoms with E-state index in [4.69, 9.17) is 26.7 Å². The van der Waals surface area contributed by atoms with Crippen molar-refractivity contribution in [2.24, 2.45) is 0 Å². The van der Waals surface area contributed by atoms with Crippen LogP contribution in [0.25, 0.3) is 16.0 Å². The van der Waals surface area contributed by atoms with Gasteiger partial charge >= 0.3 is 0 Å². The summed E-state index contributed by atoms with van der Waals surface area (Å²) < 4.78 is 28.8. The van der Waals surface area contributed by atoms with E-state index in [1.54, 1.807) is 31.4 Å². The van der Waals surface area contributed by atoms with Crippen LogP contribution in [0.2, 0.25) is 0 Å². The molecule has 1 saturated heterocycles. The van der Waals surface area contributed by atoms with E-state index in [2.05, 4.69) is 5.32 Å². The normalized spacial score (nSPS) is 15.2. The summed E-state index contributed by atoms with van der Waals surface area (Å²) in [5.41, 5.74) is 1.17. The molecule has 37 heavy (non-hydrogen) atoms. The van der Waals surface area contributed by atoms with Gasteiger partial charge in [-0.1, -0.05) is 29.2 Å². The van der Waals surface area contributed by atoms with Crippen molar-refractivity contribution >= 4 is 57.3 Å². The largest absolute Gasteiger partial charge is 0.497 e. The molecular formula is C25H23FN4O4S3. The molecule has 0 radical (unpaired) electrons. The summed E-state index contributed by atoms with van der Waals surface area (Å²) in [6.45, 7) is 1.21. The van der Waals surface area contributed by atoms with Crippen LogP contribution >= 0.6 is 35.3 Å². The second-order valence-electron chi connectivity index (χ2n) is 8.35. The van der Waals surface area contributed by atoms with Crippen LogP contribution in [0, 0.1) is 9.77 Å². The van der Waals surface area contributed by atoms with Gasteiger partial charge in [0.2, 0.25) is 5.91 Å². The quantitative estimate of drug-likeness (QED) is 0.184. The molecule has 3 heterocycles. The molecule has 1 aliphatic rings. The van der Waals surface area contributed by atoms with Gasteiger partial charge in [-0.25, -0.2) is 9.37 Å². The molecular weight excluding hydrogens is 535 g/mol. The van der Waals surface area contributed by atoms with Crippen LogP contribution in [-0.2, 0) is 16.1 Å². The predicted molar refractivity (Wildman–Crippen MR) is 145 cm³/mol. The Labute approximate surface area is 225 Å². The molecule has 0 bridgehead atoms. The molecule has 1 fully saturated rings. The number of carbonyl (C=O) groups excluding carboxylic acids is 1.